The van der Waals surface area contributed by atoms with Gasteiger partial charge in [-0.05, 0) is 44.5 Å². The van der Waals surface area contributed by atoms with Gasteiger partial charge < -0.3 is 10.3 Å². The summed E-state index contributed by atoms with van der Waals surface area (Å²) in [6.07, 6.45) is 4.01. The zero-order chi connectivity index (χ0) is 23.7. The standard InChI is InChI=1S/C24H22ClN7O/c1-13(2)32-9-5-7-15(24(32)33)10-17-11-19(31-30-17)21-20(25)22(27)29-23(28-21)18-8-4-6-16(12-26)14(18)3/h4-9,11,13,17H,10H2,1-3H3,(H2,27,28,29). The molecule has 0 radical (unpaired) electrons. The summed E-state index contributed by atoms with van der Waals surface area (Å²) >= 11 is 6.42. The zero-order valence-corrected chi connectivity index (χ0v) is 19.2. The van der Waals surface area contributed by atoms with E-state index < -0.39 is 0 Å². The molecule has 1 aliphatic heterocycles. The fourth-order valence-electron chi connectivity index (χ4n) is 3.71. The third kappa shape index (κ3) is 4.28. The third-order valence-corrected chi connectivity index (χ3v) is 5.89. The molecule has 0 saturated carbocycles. The van der Waals surface area contributed by atoms with Gasteiger partial charge in [0.05, 0.1) is 17.7 Å². The number of nitriles is 1. The summed E-state index contributed by atoms with van der Waals surface area (Å²) in [5, 5.41) is 18.1. The minimum atomic E-state index is -0.324. The van der Waals surface area contributed by atoms with Crippen LogP contribution >= 0.6 is 11.6 Å². The zero-order valence-electron chi connectivity index (χ0n) is 18.5. The maximum Gasteiger partial charge on any atom is 0.254 e. The van der Waals surface area contributed by atoms with Crippen molar-refractivity contribution in [3.05, 3.63) is 80.4 Å². The van der Waals surface area contributed by atoms with Gasteiger partial charge in [-0.3, -0.25) is 4.79 Å². The van der Waals surface area contributed by atoms with E-state index in [9.17, 15) is 10.1 Å². The van der Waals surface area contributed by atoms with E-state index in [1.54, 1.807) is 29.0 Å². The minimum Gasteiger partial charge on any atom is -0.382 e. The molecule has 2 N–H and O–H groups in total. The number of nitrogen functional groups attached to an aromatic ring is 1. The molecular formula is C24H22ClN7O. The lowest BCUT2D eigenvalue weighted by atomic mass is 10.0. The molecule has 0 bridgehead atoms. The van der Waals surface area contributed by atoms with Gasteiger partial charge >= 0.3 is 0 Å². The highest BCUT2D eigenvalue weighted by molar-refractivity contribution is 6.34. The first-order valence-electron chi connectivity index (χ1n) is 10.5. The Labute approximate surface area is 196 Å². The number of azo groups is 1. The maximum atomic E-state index is 12.7. The van der Waals surface area contributed by atoms with Crippen molar-refractivity contribution in [2.24, 2.45) is 10.2 Å². The van der Waals surface area contributed by atoms with Crippen molar-refractivity contribution in [3.63, 3.8) is 0 Å². The number of hydrogen-bond donors (Lipinski definition) is 1. The highest BCUT2D eigenvalue weighted by atomic mass is 35.5. The first kappa shape index (κ1) is 22.4. The Hall–Kier alpha value is -3.83. The number of anilines is 1. The van der Waals surface area contributed by atoms with Crippen molar-refractivity contribution < 1.29 is 0 Å². The highest BCUT2D eigenvalue weighted by Gasteiger charge is 2.22. The van der Waals surface area contributed by atoms with Gasteiger partial charge in [-0.2, -0.15) is 15.5 Å². The third-order valence-electron chi connectivity index (χ3n) is 5.52. The van der Waals surface area contributed by atoms with Crippen LogP contribution in [0, 0.1) is 18.3 Å². The normalized spacial score (nSPS) is 15.0. The largest absolute Gasteiger partial charge is 0.382 e. The number of nitrogens with zero attached hydrogens (tertiary/aromatic N) is 6. The summed E-state index contributed by atoms with van der Waals surface area (Å²) in [5.74, 6) is 0.463. The average molecular weight is 460 g/mol. The molecule has 9 heteroatoms. The van der Waals surface area contributed by atoms with Crippen LogP contribution in [0.4, 0.5) is 5.82 Å². The quantitative estimate of drug-likeness (QED) is 0.591. The van der Waals surface area contributed by atoms with Gasteiger partial charge in [0.25, 0.3) is 5.56 Å². The summed E-state index contributed by atoms with van der Waals surface area (Å²) in [7, 11) is 0. The van der Waals surface area contributed by atoms with Crippen LogP contribution < -0.4 is 11.3 Å². The number of nitrogens with two attached hydrogens (primary N) is 1. The summed E-state index contributed by atoms with van der Waals surface area (Å²) in [5.41, 5.74) is 9.49. The molecular weight excluding hydrogens is 438 g/mol. The molecule has 0 saturated heterocycles. The molecule has 0 spiro atoms. The van der Waals surface area contributed by atoms with E-state index in [4.69, 9.17) is 17.3 Å². The predicted molar refractivity (Wildman–Crippen MR) is 128 cm³/mol. The fourth-order valence-corrected chi connectivity index (χ4v) is 3.89. The summed E-state index contributed by atoms with van der Waals surface area (Å²) in [4.78, 5) is 21.6. The number of rotatable bonds is 5. The van der Waals surface area contributed by atoms with Crippen LogP contribution in [0.25, 0.3) is 17.1 Å². The first-order valence-corrected chi connectivity index (χ1v) is 10.8. The van der Waals surface area contributed by atoms with Gasteiger partial charge in [-0.15, -0.1) is 0 Å². The molecule has 1 atom stereocenters. The molecule has 1 aliphatic rings. The van der Waals surface area contributed by atoms with Crippen molar-refractivity contribution in [1.82, 2.24) is 14.5 Å². The molecule has 0 amide bonds. The molecule has 2 aromatic heterocycles. The minimum absolute atomic E-state index is 0.0380. The Morgan fingerprint density at radius 2 is 2.03 bits per heavy atom. The van der Waals surface area contributed by atoms with E-state index >= 15 is 0 Å². The molecule has 0 fully saturated rings. The smallest absolute Gasteiger partial charge is 0.254 e. The second kappa shape index (κ2) is 8.96. The van der Waals surface area contributed by atoms with Crippen molar-refractivity contribution in [2.45, 2.75) is 39.3 Å². The SMILES string of the molecule is Cc1c(C#N)cccc1-c1nc(N)c(Cl)c(C2=CC(Cc3cccn(C(C)C)c3=O)N=N2)n1. The number of hydrogen-bond acceptors (Lipinski definition) is 7. The van der Waals surface area contributed by atoms with Crippen molar-refractivity contribution in [3.8, 4) is 17.5 Å². The molecule has 33 heavy (non-hydrogen) atoms. The van der Waals surface area contributed by atoms with Crippen molar-refractivity contribution in [2.75, 3.05) is 5.73 Å². The molecule has 3 heterocycles. The monoisotopic (exact) mass is 459 g/mol. The first-order chi connectivity index (χ1) is 15.8. The molecule has 3 aromatic rings. The Kier molecular flexibility index (Phi) is 6.07. The predicted octanol–water partition coefficient (Wildman–Crippen LogP) is 4.72. The van der Waals surface area contributed by atoms with E-state index in [-0.39, 0.29) is 28.5 Å². The second-order valence-corrected chi connectivity index (χ2v) is 8.44. The van der Waals surface area contributed by atoms with Gasteiger partial charge in [-0.1, -0.05) is 29.8 Å². The van der Waals surface area contributed by atoms with Crippen LogP contribution in [0.3, 0.4) is 0 Å². The summed E-state index contributed by atoms with van der Waals surface area (Å²) in [6, 6.07) is 10.9. The van der Waals surface area contributed by atoms with E-state index in [1.807, 2.05) is 39.0 Å². The van der Waals surface area contributed by atoms with E-state index in [0.717, 1.165) is 5.56 Å². The van der Waals surface area contributed by atoms with Crippen molar-refractivity contribution >= 4 is 23.1 Å². The van der Waals surface area contributed by atoms with E-state index in [0.29, 0.717) is 40.3 Å². The molecule has 1 aromatic carbocycles. The molecule has 8 nitrogen and oxygen atoms in total. The van der Waals surface area contributed by atoms with E-state index in [2.05, 4.69) is 26.3 Å². The Morgan fingerprint density at radius 3 is 2.76 bits per heavy atom. The van der Waals surface area contributed by atoms with Crippen LogP contribution in [-0.4, -0.2) is 20.6 Å². The Morgan fingerprint density at radius 1 is 1.24 bits per heavy atom. The molecule has 4 rings (SSSR count). The Bertz CT molecular complexity index is 1400. The molecule has 1 unspecified atom stereocenters. The summed E-state index contributed by atoms with van der Waals surface area (Å²) in [6.45, 7) is 5.76. The number of aromatic nitrogens is 3. The van der Waals surface area contributed by atoms with Gasteiger partial charge in [0.1, 0.15) is 22.2 Å². The van der Waals surface area contributed by atoms with Crippen LogP contribution in [-0.2, 0) is 6.42 Å². The Balaban J connectivity index is 1.69. The highest BCUT2D eigenvalue weighted by Crippen LogP contribution is 2.34. The van der Waals surface area contributed by atoms with Crippen molar-refractivity contribution in [1.29, 1.82) is 5.26 Å². The van der Waals surface area contributed by atoms with Crippen LogP contribution in [0.1, 0.15) is 42.3 Å². The number of pyridine rings is 1. The van der Waals surface area contributed by atoms with Gasteiger partial charge in [-0.25, -0.2) is 9.97 Å². The second-order valence-electron chi connectivity index (χ2n) is 8.06. The molecule has 166 valence electrons. The lowest BCUT2D eigenvalue weighted by Crippen LogP contribution is -2.26. The molecule has 0 aliphatic carbocycles. The fraction of sp³-hybridized carbons (Fsp3) is 0.250. The topological polar surface area (TPSA) is 122 Å². The van der Waals surface area contributed by atoms with Crippen LogP contribution in [0.2, 0.25) is 5.02 Å². The van der Waals surface area contributed by atoms with Gasteiger partial charge in [0.15, 0.2) is 5.82 Å². The maximum absolute atomic E-state index is 12.7. The van der Waals surface area contributed by atoms with Gasteiger partial charge in [0, 0.05) is 29.8 Å². The lowest BCUT2D eigenvalue weighted by Gasteiger charge is -2.12. The van der Waals surface area contributed by atoms with Gasteiger partial charge in [0.2, 0.25) is 0 Å². The van der Waals surface area contributed by atoms with Crippen LogP contribution in [0.15, 0.2) is 57.6 Å². The average Bonchev–Trinajstić information content (AvgIpc) is 3.25. The van der Waals surface area contributed by atoms with Crippen LogP contribution in [0.5, 0.6) is 0 Å². The number of benzene rings is 1. The lowest BCUT2D eigenvalue weighted by molar-refractivity contribution is 0.571. The van der Waals surface area contributed by atoms with E-state index in [1.165, 1.54) is 0 Å². The summed E-state index contributed by atoms with van der Waals surface area (Å²) < 4.78 is 1.69. The number of halogens is 1.